The van der Waals surface area contributed by atoms with E-state index in [-0.39, 0.29) is 11.8 Å². The monoisotopic (exact) mass is 350 g/mol. The van der Waals surface area contributed by atoms with Crippen LogP contribution in [0.1, 0.15) is 32.6 Å². The quantitative estimate of drug-likeness (QED) is 0.757. The van der Waals surface area contributed by atoms with Gasteiger partial charge >= 0.3 is 0 Å². The summed E-state index contributed by atoms with van der Waals surface area (Å²) in [6.45, 7) is 2.94. The zero-order valence-corrected chi connectivity index (χ0v) is 14.8. The van der Waals surface area contributed by atoms with Gasteiger partial charge in [-0.15, -0.1) is 0 Å². The predicted octanol–water partition coefficient (Wildman–Crippen LogP) is 2.39. The Labute approximate surface area is 151 Å². The number of aromatic amines is 1. The van der Waals surface area contributed by atoms with Crippen molar-refractivity contribution in [2.45, 2.75) is 44.7 Å². The van der Waals surface area contributed by atoms with Gasteiger partial charge in [0.1, 0.15) is 0 Å². The molecule has 1 aliphatic heterocycles. The molecule has 0 radical (unpaired) electrons. The van der Waals surface area contributed by atoms with Crippen molar-refractivity contribution in [2.24, 2.45) is 5.92 Å². The van der Waals surface area contributed by atoms with Crippen molar-refractivity contribution in [3.63, 3.8) is 0 Å². The first-order valence-electron chi connectivity index (χ1n) is 9.34. The summed E-state index contributed by atoms with van der Waals surface area (Å²) < 4.78 is 0. The van der Waals surface area contributed by atoms with Gasteiger partial charge in [-0.3, -0.25) is 9.89 Å². The van der Waals surface area contributed by atoms with E-state index in [4.69, 9.17) is 0 Å². The molecule has 1 amide bonds. The molecule has 4 heterocycles. The van der Waals surface area contributed by atoms with Gasteiger partial charge in [0.05, 0.1) is 29.5 Å². The van der Waals surface area contributed by atoms with Crippen LogP contribution in [0.4, 0.5) is 5.69 Å². The Morgan fingerprint density at radius 1 is 1.23 bits per heavy atom. The maximum atomic E-state index is 12.6. The Bertz CT molecular complexity index is 978. The van der Waals surface area contributed by atoms with Crippen LogP contribution in [0, 0.1) is 5.92 Å². The topological polar surface area (TPSA) is 86.8 Å². The van der Waals surface area contributed by atoms with Crippen LogP contribution in [0.2, 0.25) is 0 Å². The summed E-state index contributed by atoms with van der Waals surface area (Å²) in [6.07, 6.45) is 9.62. The highest BCUT2D eigenvalue weighted by Gasteiger charge is 2.33. The fourth-order valence-corrected chi connectivity index (χ4v) is 3.97. The second-order valence-electron chi connectivity index (χ2n) is 7.54. The Kier molecular flexibility index (Phi) is 3.55. The van der Waals surface area contributed by atoms with Gasteiger partial charge in [0, 0.05) is 35.6 Å². The van der Waals surface area contributed by atoms with Gasteiger partial charge in [-0.05, 0) is 38.7 Å². The summed E-state index contributed by atoms with van der Waals surface area (Å²) >= 11 is 0. The van der Waals surface area contributed by atoms with Crippen molar-refractivity contribution < 1.29 is 4.79 Å². The van der Waals surface area contributed by atoms with Crippen LogP contribution in [0.15, 0.2) is 24.7 Å². The molecule has 0 spiro atoms. The highest BCUT2D eigenvalue weighted by molar-refractivity contribution is 6.09. The first-order chi connectivity index (χ1) is 12.7. The minimum Gasteiger partial charge on any atom is -0.366 e. The number of hydrogen-bond acceptors (Lipinski definition) is 5. The standard InChI is InChI=1S/C19H22N6O/c1-11-2-3-12(19(26)23-13-4-5-13)10-25(11)16-9-22-24-15-8-21-18-14(17(15)16)6-7-20-18/h6-9,11-13,24H,2-5,10H2,1H3,(H,23,26). The highest BCUT2D eigenvalue weighted by Crippen LogP contribution is 2.35. The van der Waals surface area contributed by atoms with Crippen LogP contribution >= 0.6 is 0 Å². The molecule has 2 unspecified atom stereocenters. The number of piperidine rings is 1. The molecule has 2 fully saturated rings. The molecule has 2 atom stereocenters. The van der Waals surface area contributed by atoms with Gasteiger partial charge in [0.15, 0.2) is 5.65 Å². The fourth-order valence-electron chi connectivity index (χ4n) is 3.97. The Morgan fingerprint density at radius 3 is 2.96 bits per heavy atom. The lowest BCUT2D eigenvalue weighted by Crippen LogP contribution is -2.47. The molecule has 2 aliphatic rings. The van der Waals surface area contributed by atoms with Gasteiger partial charge in [-0.25, -0.2) is 9.97 Å². The highest BCUT2D eigenvalue weighted by atomic mass is 16.2. The zero-order valence-electron chi connectivity index (χ0n) is 14.8. The van der Waals surface area contributed by atoms with Crippen LogP contribution in [0.3, 0.4) is 0 Å². The van der Waals surface area contributed by atoms with Crippen molar-refractivity contribution in [3.05, 3.63) is 24.7 Å². The third kappa shape index (κ3) is 2.58. The lowest BCUT2D eigenvalue weighted by Gasteiger charge is -2.39. The normalized spacial score (nSPS) is 23.5. The number of rotatable bonds is 3. The summed E-state index contributed by atoms with van der Waals surface area (Å²) in [5.41, 5.74) is 2.68. The molecule has 5 rings (SSSR count). The third-order valence-electron chi connectivity index (χ3n) is 5.65. The van der Waals surface area contributed by atoms with Crippen LogP contribution < -0.4 is 10.2 Å². The molecule has 26 heavy (non-hydrogen) atoms. The second-order valence-corrected chi connectivity index (χ2v) is 7.54. The number of hydrogen-bond donors (Lipinski definition) is 2. The molecule has 0 bridgehead atoms. The molecular formula is C19H22N6O. The number of anilines is 1. The van der Waals surface area contributed by atoms with E-state index in [2.05, 4.69) is 37.3 Å². The van der Waals surface area contributed by atoms with Gasteiger partial charge in [0.25, 0.3) is 0 Å². The van der Waals surface area contributed by atoms with E-state index in [1.165, 1.54) is 0 Å². The minimum absolute atomic E-state index is 0.0288. The number of aromatic nitrogens is 4. The SMILES string of the molecule is CC1CCC(C(=O)NC2CC2)CN1c1cn[nH]c2cnc3nccc3c12. The van der Waals surface area contributed by atoms with Crippen LogP contribution in [0.25, 0.3) is 21.9 Å². The smallest absolute Gasteiger partial charge is 0.225 e. The van der Waals surface area contributed by atoms with Crippen molar-refractivity contribution in [1.29, 1.82) is 0 Å². The van der Waals surface area contributed by atoms with Crippen molar-refractivity contribution >= 4 is 33.5 Å². The summed E-state index contributed by atoms with van der Waals surface area (Å²) in [7, 11) is 0. The van der Waals surface area contributed by atoms with Gasteiger partial charge in [0.2, 0.25) is 5.91 Å². The molecular weight excluding hydrogens is 328 g/mol. The van der Waals surface area contributed by atoms with Gasteiger partial charge < -0.3 is 10.2 Å². The Hall–Kier alpha value is -2.70. The fraction of sp³-hybridized carbons (Fsp3) is 0.474. The van der Waals surface area contributed by atoms with E-state index in [0.29, 0.717) is 12.1 Å². The predicted molar refractivity (Wildman–Crippen MR) is 99.9 cm³/mol. The molecule has 3 aromatic rings. The van der Waals surface area contributed by atoms with E-state index >= 15 is 0 Å². The first-order valence-corrected chi connectivity index (χ1v) is 9.34. The lowest BCUT2D eigenvalue weighted by molar-refractivity contribution is -0.125. The Balaban J connectivity index is 1.54. The maximum Gasteiger partial charge on any atom is 0.225 e. The number of nitrogens with one attached hydrogen (secondary N) is 2. The first kappa shape index (κ1) is 15.5. The lowest BCUT2D eigenvalue weighted by atomic mass is 9.91. The van der Waals surface area contributed by atoms with Crippen LogP contribution in [-0.2, 0) is 4.79 Å². The number of carbonyl (C=O) groups is 1. The van der Waals surface area contributed by atoms with E-state index in [1.807, 2.05) is 12.3 Å². The van der Waals surface area contributed by atoms with E-state index in [9.17, 15) is 4.79 Å². The molecule has 1 aliphatic carbocycles. The van der Waals surface area contributed by atoms with Gasteiger partial charge in [-0.2, -0.15) is 5.10 Å². The summed E-state index contributed by atoms with van der Waals surface area (Å²) in [6, 6.07) is 2.76. The summed E-state index contributed by atoms with van der Waals surface area (Å²) in [5.74, 6) is 0.229. The second kappa shape index (κ2) is 5.93. The molecule has 1 saturated heterocycles. The molecule has 2 N–H and O–H groups in total. The zero-order chi connectivity index (χ0) is 17.7. The van der Waals surface area contributed by atoms with Crippen LogP contribution in [0.5, 0.6) is 0 Å². The average molecular weight is 350 g/mol. The number of amides is 1. The number of nitrogens with zero attached hydrogens (tertiary/aromatic N) is 4. The number of pyridine rings is 1. The average Bonchev–Trinajstić information content (AvgIpc) is 3.33. The number of carbonyl (C=O) groups excluding carboxylic acids is 1. The van der Waals surface area contributed by atoms with Crippen molar-refractivity contribution in [2.75, 3.05) is 11.4 Å². The number of fused-ring (bicyclic) bond motifs is 3. The van der Waals surface area contributed by atoms with E-state index in [1.54, 1.807) is 12.4 Å². The molecule has 134 valence electrons. The molecule has 0 aromatic carbocycles. The largest absolute Gasteiger partial charge is 0.366 e. The third-order valence-corrected chi connectivity index (χ3v) is 5.65. The molecule has 7 heteroatoms. The van der Waals surface area contributed by atoms with Gasteiger partial charge in [-0.1, -0.05) is 0 Å². The van der Waals surface area contributed by atoms with E-state index in [0.717, 1.165) is 59.9 Å². The Morgan fingerprint density at radius 2 is 2.12 bits per heavy atom. The van der Waals surface area contributed by atoms with Crippen molar-refractivity contribution in [3.8, 4) is 0 Å². The molecule has 7 nitrogen and oxygen atoms in total. The van der Waals surface area contributed by atoms with Crippen molar-refractivity contribution in [1.82, 2.24) is 25.5 Å². The van der Waals surface area contributed by atoms with Crippen LogP contribution in [-0.4, -0.2) is 44.7 Å². The summed E-state index contributed by atoms with van der Waals surface area (Å²) in [5, 5.41) is 12.6. The van der Waals surface area contributed by atoms with E-state index < -0.39 is 0 Å². The summed E-state index contributed by atoms with van der Waals surface area (Å²) in [4.78, 5) is 23.6. The molecule has 1 saturated carbocycles. The number of H-pyrrole nitrogens is 1. The molecule has 3 aromatic heterocycles. The maximum absolute atomic E-state index is 12.6. The minimum atomic E-state index is 0.0288.